The highest BCUT2D eigenvalue weighted by molar-refractivity contribution is 5.79. The van der Waals surface area contributed by atoms with Crippen LogP contribution < -0.4 is 0 Å². The van der Waals surface area contributed by atoms with E-state index in [9.17, 15) is 9.90 Å². The molecular formula is C19H32O3. The molecule has 1 aliphatic rings. The Labute approximate surface area is 135 Å². The van der Waals surface area contributed by atoms with E-state index in [2.05, 4.69) is 26.8 Å². The predicted molar refractivity (Wildman–Crippen MR) is 90.9 cm³/mol. The molecule has 0 aromatic carbocycles. The monoisotopic (exact) mass is 308 g/mol. The maximum atomic E-state index is 12.1. The number of hydrogen-bond acceptors (Lipinski definition) is 2. The van der Waals surface area contributed by atoms with Crippen molar-refractivity contribution in [1.29, 1.82) is 0 Å². The number of carboxylic acid groups (broad SMARTS) is 1. The summed E-state index contributed by atoms with van der Waals surface area (Å²) >= 11 is 0. The zero-order valence-electron chi connectivity index (χ0n) is 14.6. The minimum Gasteiger partial charge on any atom is -0.481 e. The lowest BCUT2D eigenvalue weighted by molar-refractivity contribution is -0.149. The largest absolute Gasteiger partial charge is 0.481 e. The molecule has 0 bridgehead atoms. The van der Waals surface area contributed by atoms with Crippen LogP contribution in [0.4, 0.5) is 0 Å². The highest BCUT2D eigenvalue weighted by Crippen LogP contribution is 2.45. The second-order valence-electron chi connectivity index (χ2n) is 6.77. The molecule has 0 saturated heterocycles. The third kappa shape index (κ3) is 4.70. The topological polar surface area (TPSA) is 46.5 Å². The van der Waals surface area contributed by atoms with Crippen molar-refractivity contribution in [3.63, 3.8) is 0 Å². The van der Waals surface area contributed by atoms with E-state index < -0.39 is 11.4 Å². The van der Waals surface area contributed by atoms with Crippen molar-refractivity contribution in [3.05, 3.63) is 23.8 Å². The first kappa shape index (κ1) is 19.0. The van der Waals surface area contributed by atoms with Crippen molar-refractivity contribution in [2.75, 3.05) is 13.7 Å². The van der Waals surface area contributed by atoms with Gasteiger partial charge in [-0.25, -0.2) is 0 Å². The fraction of sp³-hybridized carbons (Fsp3) is 0.737. The lowest BCUT2D eigenvalue weighted by Crippen LogP contribution is -2.40. The number of carboxylic acids is 1. The summed E-state index contributed by atoms with van der Waals surface area (Å²) in [6.45, 7) is 7.15. The van der Waals surface area contributed by atoms with Crippen molar-refractivity contribution < 1.29 is 14.6 Å². The zero-order chi connectivity index (χ0) is 16.6. The molecule has 0 fully saturated rings. The van der Waals surface area contributed by atoms with Gasteiger partial charge in [0.1, 0.15) is 0 Å². The first-order valence-corrected chi connectivity index (χ1v) is 8.58. The van der Waals surface area contributed by atoms with Gasteiger partial charge in [0, 0.05) is 19.6 Å². The molecule has 0 amide bonds. The van der Waals surface area contributed by atoms with Crippen LogP contribution in [0.15, 0.2) is 23.8 Å². The summed E-state index contributed by atoms with van der Waals surface area (Å²) in [5.41, 5.74) is 0.487. The Kier molecular flexibility index (Phi) is 7.88. The van der Waals surface area contributed by atoms with E-state index in [1.165, 1.54) is 12.0 Å². The molecule has 0 spiro atoms. The fourth-order valence-corrected chi connectivity index (χ4v) is 3.50. The van der Waals surface area contributed by atoms with E-state index >= 15 is 0 Å². The quantitative estimate of drug-likeness (QED) is 0.588. The van der Waals surface area contributed by atoms with E-state index in [4.69, 9.17) is 4.74 Å². The molecule has 3 heteroatoms. The van der Waals surface area contributed by atoms with Crippen molar-refractivity contribution in [1.82, 2.24) is 0 Å². The molecule has 1 aliphatic carbocycles. The van der Waals surface area contributed by atoms with E-state index in [0.717, 1.165) is 32.1 Å². The second-order valence-corrected chi connectivity index (χ2v) is 6.77. The van der Waals surface area contributed by atoms with Crippen LogP contribution in [0.1, 0.15) is 59.3 Å². The fourth-order valence-electron chi connectivity index (χ4n) is 3.50. The first-order chi connectivity index (χ1) is 10.5. The molecule has 1 rings (SSSR count). The van der Waals surface area contributed by atoms with Crippen LogP contribution in [0.5, 0.6) is 0 Å². The van der Waals surface area contributed by atoms with Gasteiger partial charge >= 0.3 is 5.97 Å². The molecule has 2 atom stereocenters. The van der Waals surface area contributed by atoms with Gasteiger partial charge in [-0.1, -0.05) is 63.8 Å². The predicted octanol–water partition coefficient (Wildman–Crippen LogP) is 4.83. The summed E-state index contributed by atoms with van der Waals surface area (Å²) < 4.78 is 5.22. The summed E-state index contributed by atoms with van der Waals surface area (Å²) in [5.74, 6) is 0.0468. The molecule has 0 saturated carbocycles. The lowest BCUT2D eigenvalue weighted by atomic mass is 9.64. The average Bonchev–Trinajstić information content (AvgIpc) is 2.49. The molecule has 126 valence electrons. The Balaban J connectivity index is 2.89. The van der Waals surface area contributed by atoms with Gasteiger partial charge in [0.2, 0.25) is 0 Å². The molecule has 0 aromatic heterocycles. The highest BCUT2D eigenvalue weighted by atomic mass is 16.5. The maximum absolute atomic E-state index is 12.1. The molecule has 1 N–H and O–H groups in total. The third-order valence-corrected chi connectivity index (χ3v) is 4.81. The summed E-state index contributed by atoms with van der Waals surface area (Å²) in [7, 11) is 1.68. The molecule has 2 unspecified atom stereocenters. The Morgan fingerprint density at radius 1 is 1.41 bits per heavy atom. The number of carbonyl (C=O) groups is 1. The SMILES string of the molecule is CCC1=CC=CC(CCCCC(C)C)(C(=O)O)C1CCOC. The standard InChI is InChI=1S/C19H32O3/c1-5-16-10-8-13-19(18(20)21,17(16)11-14-22-4)12-7-6-9-15(2)3/h8,10,13,15,17H,5-7,9,11-12,14H2,1-4H3,(H,20,21). The van der Waals surface area contributed by atoms with Crippen molar-refractivity contribution in [3.8, 4) is 0 Å². The van der Waals surface area contributed by atoms with Crippen LogP contribution in [-0.4, -0.2) is 24.8 Å². The summed E-state index contributed by atoms with van der Waals surface area (Å²) in [6, 6.07) is 0. The second kappa shape index (κ2) is 9.14. The number of methoxy groups -OCH3 is 1. The van der Waals surface area contributed by atoms with Gasteiger partial charge < -0.3 is 9.84 Å². The van der Waals surface area contributed by atoms with Crippen molar-refractivity contribution in [2.24, 2.45) is 17.3 Å². The molecule has 0 aliphatic heterocycles. The van der Waals surface area contributed by atoms with Gasteiger partial charge in [0.15, 0.2) is 0 Å². The molecular weight excluding hydrogens is 276 g/mol. The van der Waals surface area contributed by atoms with Gasteiger partial charge in [0.05, 0.1) is 5.41 Å². The number of aliphatic carboxylic acids is 1. The number of allylic oxidation sites excluding steroid dienone is 3. The van der Waals surface area contributed by atoms with E-state index in [-0.39, 0.29) is 5.92 Å². The number of hydrogen-bond donors (Lipinski definition) is 1. The Morgan fingerprint density at radius 3 is 2.68 bits per heavy atom. The minimum atomic E-state index is -0.754. The zero-order valence-corrected chi connectivity index (χ0v) is 14.6. The molecule has 0 aromatic rings. The summed E-state index contributed by atoms with van der Waals surface area (Å²) in [6.07, 6.45) is 11.6. The Hall–Kier alpha value is -1.09. The maximum Gasteiger partial charge on any atom is 0.314 e. The Bertz CT molecular complexity index is 409. The van der Waals surface area contributed by atoms with Gasteiger partial charge in [-0.05, 0) is 25.2 Å². The smallest absolute Gasteiger partial charge is 0.314 e. The van der Waals surface area contributed by atoms with Crippen molar-refractivity contribution >= 4 is 5.97 Å². The van der Waals surface area contributed by atoms with Crippen LogP contribution in [0.25, 0.3) is 0 Å². The third-order valence-electron chi connectivity index (χ3n) is 4.81. The number of unbranched alkanes of at least 4 members (excludes halogenated alkanes) is 1. The van der Waals surface area contributed by atoms with Crippen LogP contribution in [-0.2, 0) is 9.53 Å². The first-order valence-electron chi connectivity index (χ1n) is 8.58. The normalized spacial score (nSPS) is 24.6. The van der Waals surface area contributed by atoms with Gasteiger partial charge in [-0.15, -0.1) is 0 Å². The molecule has 22 heavy (non-hydrogen) atoms. The van der Waals surface area contributed by atoms with Crippen LogP contribution >= 0.6 is 0 Å². The number of rotatable bonds is 10. The van der Waals surface area contributed by atoms with E-state index in [0.29, 0.717) is 12.5 Å². The van der Waals surface area contributed by atoms with E-state index in [1.54, 1.807) is 7.11 Å². The van der Waals surface area contributed by atoms with Crippen LogP contribution in [0, 0.1) is 17.3 Å². The molecule has 0 radical (unpaired) electrons. The minimum absolute atomic E-state index is 0.0546. The number of ether oxygens (including phenoxy) is 1. The van der Waals surface area contributed by atoms with Crippen molar-refractivity contribution in [2.45, 2.75) is 59.3 Å². The summed E-state index contributed by atoms with van der Waals surface area (Å²) in [5, 5.41) is 9.96. The average molecular weight is 308 g/mol. The van der Waals surface area contributed by atoms with Gasteiger partial charge in [-0.2, -0.15) is 0 Å². The van der Waals surface area contributed by atoms with Gasteiger partial charge in [-0.3, -0.25) is 4.79 Å². The molecule has 0 heterocycles. The summed E-state index contributed by atoms with van der Waals surface area (Å²) in [4.78, 5) is 12.1. The molecule has 3 nitrogen and oxygen atoms in total. The highest BCUT2D eigenvalue weighted by Gasteiger charge is 2.45. The van der Waals surface area contributed by atoms with E-state index in [1.807, 2.05) is 12.2 Å². The Morgan fingerprint density at radius 2 is 2.14 bits per heavy atom. The van der Waals surface area contributed by atoms with Crippen LogP contribution in [0.3, 0.4) is 0 Å². The lowest BCUT2D eigenvalue weighted by Gasteiger charge is -2.38. The van der Waals surface area contributed by atoms with Crippen LogP contribution in [0.2, 0.25) is 0 Å². The van der Waals surface area contributed by atoms with Gasteiger partial charge in [0.25, 0.3) is 0 Å².